The standard InChI is InChI=1S/C25H32N6O3/c1-5-31-19(12-15-8-9-21(34-4)28-23(15)31)24-27-18-11-16(13-20(33-3)22(18)29(24)2)25(32)30-10-6-7-17(26)14-30/h8-9,11-13,17,21,28H,5-7,10,14,26H2,1-4H3/t17-,21?/m1/s1. The number of nitrogens with two attached hydrogens (primary N) is 1. The normalized spacial score (nSPS) is 19.9. The van der Waals surface area contributed by atoms with E-state index in [0.29, 0.717) is 17.9 Å². The highest BCUT2D eigenvalue weighted by Crippen LogP contribution is 2.36. The zero-order valence-electron chi connectivity index (χ0n) is 20.2. The molecule has 2 aliphatic heterocycles. The van der Waals surface area contributed by atoms with E-state index >= 15 is 0 Å². The van der Waals surface area contributed by atoms with Crippen molar-refractivity contribution in [1.82, 2.24) is 19.0 Å². The Morgan fingerprint density at radius 3 is 2.82 bits per heavy atom. The highest BCUT2D eigenvalue weighted by Gasteiger charge is 2.26. The van der Waals surface area contributed by atoms with Crippen molar-refractivity contribution >= 4 is 28.8 Å². The minimum Gasteiger partial charge on any atom is -0.494 e. The number of amides is 1. The van der Waals surface area contributed by atoms with E-state index in [1.165, 1.54) is 0 Å². The maximum atomic E-state index is 13.3. The molecule has 9 heteroatoms. The number of imidazole rings is 1. The third kappa shape index (κ3) is 3.65. The molecule has 2 atom stereocenters. The zero-order valence-corrected chi connectivity index (χ0v) is 20.2. The average Bonchev–Trinajstić information content (AvgIpc) is 3.39. The first-order valence-corrected chi connectivity index (χ1v) is 11.8. The maximum Gasteiger partial charge on any atom is 0.254 e. The van der Waals surface area contributed by atoms with E-state index in [1.54, 1.807) is 14.2 Å². The molecule has 3 aromatic rings. The minimum atomic E-state index is -0.169. The largest absolute Gasteiger partial charge is 0.494 e. The number of carbonyl (C=O) groups is 1. The second-order valence-corrected chi connectivity index (χ2v) is 8.93. The number of aromatic nitrogens is 3. The Morgan fingerprint density at radius 2 is 2.12 bits per heavy atom. The van der Waals surface area contributed by atoms with Crippen LogP contribution in [0.3, 0.4) is 0 Å². The summed E-state index contributed by atoms with van der Waals surface area (Å²) in [6.07, 6.45) is 5.77. The van der Waals surface area contributed by atoms with E-state index in [4.69, 9.17) is 20.2 Å². The molecule has 1 saturated heterocycles. The van der Waals surface area contributed by atoms with Crippen molar-refractivity contribution in [3.8, 4) is 17.3 Å². The number of fused-ring (bicyclic) bond motifs is 2. The highest BCUT2D eigenvalue weighted by atomic mass is 16.5. The van der Waals surface area contributed by atoms with Crippen LogP contribution in [0.4, 0.5) is 5.82 Å². The Bertz CT molecular complexity index is 1270. The molecule has 1 amide bonds. The Morgan fingerprint density at radius 1 is 1.29 bits per heavy atom. The van der Waals surface area contributed by atoms with Crippen molar-refractivity contribution in [3.05, 3.63) is 35.4 Å². The topological polar surface area (TPSA) is 99.6 Å². The van der Waals surface area contributed by atoms with Crippen LogP contribution in [0.25, 0.3) is 28.6 Å². The first kappa shape index (κ1) is 22.5. The van der Waals surface area contributed by atoms with E-state index in [1.807, 2.05) is 34.7 Å². The zero-order chi connectivity index (χ0) is 24.0. The first-order valence-electron chi connectivity index (χ1n) is 11.8. The number of ether oxygens (including phenoxy) is 2. The quantitative estimate of drug-likeness (QED) is 0.602. The summed E-state index contributed by atoms with van der Waals surface area (Å²) in [6.45, 7) is 4.17. The molecule has 1 aromatic carbocycles. The molecule has 2 aromatic heterocycles. The molecule has 9 nitrogen and oxygen atoms in total. The number of carbonyl (C=O) groups excluding carboxylic acids is 1. The van der Waals surface area contributed by atoms with E-state index < -0.39 is 0 Å². The molecule has 4 heterocycles. The van der Waals surface area contributed by atoms with Gasteiger partial charge in [0.25, 0.3) is 5.91 Å². The van der Waals surface area contributed by atoms with E-state index in [0.717, 1.165) is 59.9 Å². The molecule has 0 saturated carbocycles. The highest BCUT2D eigenvalue weighted by molar-refractivity contribution is 6.00. The van der Waals surface area contributed by atoms with Crippen molar-refractivity contribution in [3.63, 3.8) is 0 Å². The lowest BCUT2D eigenvalue weighted by Gasteiger charge is -2.30. The van der Waals surface area contributed by atoms with Crippen LogP contribution in [-0.2, 0) is 18.3 Å². The van der Waals surface area contributed by atoms with Gasteiger partial charge in [-0.15, -0.1) is 0 Å². The number of likely N-dealkylation sites (tertiary alicyclic amines) is 1. The van der Waals surface area contributed by atoms with Gasteiger partial charge in [-0.2, -0.15) is 0 Å². The second kappa shape index (κ2) is 8.81. The molecular weight excluding hydrogens is 432 g/mol. The summed E-state index contributed by atoms with van der Waals surface area (Å²) in [6, 6.07) is 5.83. The van der Waals surface area contributed by atoms with Gasteiger partial charge in [0.1, 0.15) is 23.3 Å². The minimum absolute atomic E-state index is 0.0259. The third-order valence-electron chi connectivity index (χ3n) is 6.80. The number of hydrogen-bond acceptors (Lipinski definition) is 6. The molecule has 0 spiro atoms. The van der Waals surface area contributed by atoms with Crippen LogP contribution in [0.1, 0.15) is 35.7 Å². The van der Waals surface area contributed by atoms with Crippen LogP contribution >= 0.6 is 0 Å². The number of benzene rings is 1. The van der Waals surface area contributed by atoms with Gasteiger partial charge in [-0.1, -0.05) is 6.08 Å². The number of nitrogens with zero attached hydrogens (tertiary/aromatic N) is 4. The Labute approximate surface area is 199 Å². The fraction of sp³-hybridized carbons (Fsp3) is 0.440. The van der Waals surface area contributed by atoms with Crippen LogP contribution in [0.15, 0.2) is 24.3 Å². The van der Waals surface area contributed by atoms with Gasteiger partial charge >= 0.3 is 0 Å². The summed E-state index contributed by atoms with van der Waals surface area (Å²) in [5, 5.41) is 3.43. The van der Waals surface area contributed by atoms with Gasteiger partial charge in [0.05, 0.1) is 18.3 Å². The number of methoxy groups -OCH3 is 2. The van der Waals surface area contributed by atoms with E-state index in [2.05, 4.69) is 29.0 Å². The fourth-order valence-corrected chi connectivity index (χ4v) is 5.08. The van der Waals surface area contributed by atoms with Gasteiger partial charge in [0.2, 0.25) is 0 Å². The SMILES string of the molecule is CCn1c(-c2nc3cc(C(=O)N4CCC[C@@H](N)C4)cc(OC)c3n2C)cc2c1NC(OC)C=C2. The van der Waals surface area contributed by atoms with Crippen molar-refractivity contribution in [2.75, 3.05) is 32.6 Å². The van der Waals surface area contributed by atoms with Crippen molar-refractivity contribution in [1.29, 1.82) is 0 Å². The molecule has 34 heavy (non-hydrogen) atoms. The molecule has 1 unspecified atom stereocenters. The summed E-state index contributed by atoms with van der Waals surface area (Å²) in [5.74, 6) is 2.40. The van der Waals surface area contributed by atoms with Crippen molar-refractivity contribution in [2.24, 2.45) is 12.8 Å². The van der Waals surface area contributed by atoms with Gasteiger partial charge in [-0.3, -0.25) is 4.79 Å². The monoisotopic (exact) mass is 464 g/mol. The molecule has 5 rings (SSSR count). The smallest absolute Gasteiger partial charge is 0.254 e. The Balaban J connectivity index is 1.60. The number of nitrogens with one attached hydrogen (secondary N) is 1. The molecule has 2 aliphatic rings. The summed E-state index contributed by atoms with van der Waals surface area (Å²) in [4.78, 5) is 20.1. The van der Waals surface area contributed by atoms with Crippen LogP contribution in [0.5, 0.6) is 5.75 Å². The Hall–Kier alpha value is -3.30. The predicted molar refractivity (Wildman–Crippen MR) is 133 cm³/mol. The molecular formula is C25H32N6O3. The van der Waals surface area contributed by atoms with Gasteiger partial charge < -0.3 is 34.6 Å². The molecule has 3 N–H and O–H groups in total. The third-order valence-corrected chi connectivity index (χ3v) is 6.80. The Kier molecular flexibility index (Phi) is 5.83. The van der Waals surface area contributed by atoms with E-state index in [-0.39, 0.29) is 18.2 Å². The first-order chi connectivity index (χ1) is 16.4. The summed E-state index contributed by atoms with van der Waals surface area (Å²) >= 11 is 0. The summed E-state index contributed by atoms with van der Waals surface area (Å²) in [7, 11) is 5.28. The molecule has 0 aliphatic carbocycles. The van der Waals surface area contributed by atoms with E-state index in [9.17, 15) is 4.79 Å². The molecule has 0 radical (unpaired) electrons. The van der Waals surface area contributed by atoms with Crippen LogP contribution < -0.4 is 15.8 Å². The maximum absolute atomic E-state index is 13.3. The number of rotatable bonds is 5. The lowest BCUT2D eigenvalue weighted by Crippen LogP contribution is -2.45. The fourth-order valence-electron chi connectivity index (χ4n) is 5.08. The van der Waals surface area contributed by atoms with Crippen LogP contribution in [0, 0.1) is 0 Å². The number of anilines is 1. The molecule has 0 bridgehead atoms. The predicted octanol–water partition coefficient (Wildman–Crippen LogP) is 3.04. The summed E-state index contributed by atoms with van der Waals surface area (Å²) in [5.41, 5.74) is 10.3. The lowest BCUT2D eigenvalue weighted by molar-refractivity contribution is 0.0708. The average molecular weight is 465 g/mol. The summed E-state index contributed by atoms with van der Waals surface area (Å²) < 4.78 is 15.4. The van der Waals surface area contributed by atoms with Crippen molar-refractivity contribution < 1.29 is 14.3 Å². The van der Waals surface area contributed by atoms with Crippen molar-refractivity contribution in [2.45, 2.75) is 38.6 Å². The number of aryl methyl sites for hydroxylation is 1. The number of hydrogen-bond donors (Lipinski definition) is 2. The van der Waals surface area contributed by atoms with Crippen LogP contribution in [-0.4, -0.2) is 64.5 Å². The number of piperidine rings is 1. The van der Waals surface area contributed by atoms with Gasteiger partial charge in [-0.25, -0.2) is 4.98 Å². The second-order valence-electron chi connectivity index (χ2n) is 8.93. The van der Waals surface area contributed by atoms with Crippen LogP contribution in [0.2, 0.25) is 0 Å². The van der Waals surface area contributed by atoms with Gasteiger partial charge in [-0.05, 0) is 44.0 Å². The lowest BCUT2D eigenvalue weighted by atomic mass is 10.0. The van der Waals surface area contributed by atoms with Gasteiger partial charge in [0, 0.05) is 51.0 Å². The van der Waals surface area contributed by atoms with Gasteiger partial charge in [0.15, 0.2) is 5.82 Å². The molecule has 1 fully saturated rings. The molecule has 180 valence electrons.